The maximum atomic E-state index is 12.6. The monoisotopic (exact) mass is 943 g/mol. The molecule has 0 saturated carbocycles. The van der Waals surface area contributed by atoms with Crippen molar-refractivity contribution < 1.29 is 28.5 Å². The van der Waals surface area contributed by atoms with E-state index < -0.39 is 0 Å². The summed E-state index contributed by atoms with van der Waals surface area (Å²) in [6.45, 7) is 6.64. The fraction of sp³-hybridized carbons (Fsp3) is 0.541. The Balaban J connectivity index is 0.979. The molecule has 0 aliphatic heterocycles. The van der Waals surface area contributed by atoms with Gasteiger partial charge in [-0.1, -0.05) is 179 Å². The molecule has 0 bridgehead atoms. The molecule has 0 saturated heterocycles. The molecule has 0 aliphatic rings. The van der Waals surface area contributed by atoms with Crippen molar-refractivity contribution in [3.63, 3.8) is 0 Å². The quantitative estimate of drug-likeness (QED) is 0.0250. The van der Waals surface area contributed by atoms with Crippen molar-refractivity contribution in [3.05, 3.63) is 119 Å². The molecule has 0 amide bonds. The molecule has 0 heterocycles. The van der Waals surface area contributed by atoms with Gasteiger partial charge >= 0.3 is 11.9 Å². The van der Waals surface area contributed by atoms with Crippen molar-refractivity contribution in [3.8, 4) is 11.5 Å². The lowest BCUT2D eigenvalue weighted by atomic mass is 10.1. The molecule has 69 heavy (non-hydrogen) atoms. The normalized spacial score (nSPS) is 11.4. The maximum absolute atomic E-state index is 12.6. The Morgan fingerprint density at radius 3 is 0.942 bits per heavy atom. The number of nitrogens with zero attached hydrogens (tertiary/aromatic N) is 2. The van der Waals surface area contributed by atoms with Crippen molar-refractivity contribution in [2.75, 3.05) is 26.4 Å². The average Bonchev–Trinajstić information content (AvgIpc) is 3.38. The van der Waals surface area contributed by atoms with Crippen LogP contribution in [-0.4, -0.2) is 50.8 Å². The molecule has 4 rings (SSSR count). The lowest BCUT2D eigenvalue weighted by molar-refractivity contribution is 0.0478. The molecule has 0 atom stereocenters. The van der Waals surface area contributed by atoms with Crippen LogP contribution in [0, 0.1) is 0 Å². The van der Waals surface area contributed by atoms with Crippen LogP contribution >= 0.6 is 0 Å². The zero-order valence-corrected chi connectivity index (χ0v) is 42.7. The zero-order valence-electron chi connectivity index (χ0n) is 42.7. The van der Waals surface area contributed by atoms with Crippen LogP contribution < -0.4 is 9.47 Å². The first-order chi connectivity index (χ1) is 34.0. The van der Waals surface area contributed by atoms with E-state index in [1.165, 1.54) is 141 Å². The molecule has 0 spiro atoms. The third kappa shape index (κ3) is 26.9. The van der Waals surface area contributed by atoms with Crippen LogP contribution in [0.4, 0.5) is 11.4 Å². The molecule has 0 N–H and O–H groups in total. The first-order valence-electron chi connectivity index (χ1n) is 27.1. The average molecular weight is 943 g/mol. The van der Waals surface area contributed by atoms with Gasteiger partial charge in [0.2, 0.25) is 0 Å². The zero-order chi connectivity index (χ0) is 48.7. The molecule has 0 fully saturated rings. The highest BCUT2D eigenvalue weighted by Crippen LogP contribution is 2.21. The Kier molecular flexibility index (Phi) is 30.7. The van der Waals surface area contributed by atoms with Gasteiger partial charge < -0.3 is 18.9 Å². The largest absolute Gasteiger partial charge is 0.494 e. The fourth-order valence-electron chi connectivity index (χ4n) is 8.11. The van der Waals surface area contributed by atoms with E-state index in [0.717, 1.165) is 66.5 Å². The van der Waals surface area contributed by atoms with Crippen LogP contribution in [0.2, 0.25) is 0 Å². The second-order valence-electron chi connectivity index (χ2n) is 18.6. The van der Waals surface area contributed by atoms with Crippen molar-refractivity contribution in [1.82, 2.24) is 0 Å². The molecular weight excluding hydrogens is 857 g/mol. The lowest BCUT2D eigenvalue weighted by Crippen LogP contribution is -2.08. The summed E-state index contributed by atoms with van der Waals surface area (Å²) in [5, 5.41) is 0. The van der Waals surface area contributed by atoms with E-state index in [0.29, 0.717) is 37.2 Å². The van der Waals surface area contributed by atoms with Gasteiger partial charge in [-0.3, -0.25) is 9.98 Å². The number of carbonyl (C=O) groups is 2. The van der Waals surface area contributed by atoms with E-state index in [1.54, 1.807) is 36.7 Å². The van der Waals surface area contributed by atoms with Crippen molar-refractivity contribution >= 4 is 35.7 Å². The van der Waals surface area contributed by atoms with E-state index in [-0.39, 0.29) is 11.9 Å². The van der Waals surface area contributed by atoms with Crippen molar-refractivity contribution in [1.29, 1.82) is 0 Å². The SMILES string of the molecule is CCCCCCCCCCCCCCOc1ccc(/N=C/c2ccc(C(=O)OCCCCCOC(=O)c3ccc(/C=N/c4ccc(OCCCCCCCCCCCCCC)cc4)cc3)cc2)cc1. The predicted molar refractivity (Wildman–Crippen MR) is 288 cm³/mol. The van der Waals surface area contributed by atoms with Gasteiger partial charge in [0.15, 0.2) is 0 Å². The van der Waals surface area contributed by atoms with E-state index >= 15 is 0 Å². The molecule has 376 valence electrons. The number of benzene rings is 4. The third-order valence-corrected chi connectivity index (χ3v) is 12.5. The number of hydrogen-bond acceptors (Lipinski definition) is 8. The van der Waals surface area contributed by atoms with Gasteiger partial charge in [0.25, 0.3) is 0 Å². The highest BCUT2D eigenvalue weighted by Gasteiger charge is 2.09. The van der Waals surface area contributed by atoms with Crippen LogP contribution in [0.15, 0.2) is 107 Å². The molecule has 0 radical (unpaired) electrons. The second kappa shape index (κ2) is 37.6. The minimum Gasteiger partial charge on any atom is -0.494 e. The van der Waals surface area contributed by atoms with Crippen LogP contribution in [0.25, 0.3) is 0 Å². The van der Waals surface area contributed by atoms with Crippen molar-refractivity contribution in [2.45, 2.75) is 187 Å². The molecule has 0 aliphatic carbocycles. The minimum absolute atomic E-state index is 0.301. The van der Waals surface area contributed by atoms with Crippen LogP contribution in [0.1, 0.15) is 219 Å². The Morgan fingerprint density at radius 1 is 0.348 bits per heavy atom. The number of esters is 2. The van der Waals surface area contributed by atoms with E-state index in [2.05, 4.69) is 23.8 Å². The smallest absolute Gasteiger partial charge is 0.338 e. The van der Waals surface area contributed by atoms with E-state index in [1.807, 2.05) is 72.8 Å². The Hall–Kier alpha value is -5.24. The van der Waals surface area contributed by atoms with Gasteiger partial charge in [0.1, 0.15) is 11.5 Å². The number of rotatable bonds is 40. The third-order valence-electron chi connectivity index (χ3n) is 12.5. The van der Waals surface area contributed by atoms with E-state index in [9.17, 15) is 9.59 Å². The van der Waals surface area contributed by atoms with E-state index in [4.69, 9.17) is 18.9 Å². The van der Waals surface area contributed by atoms with Gasteiger partial charge in [-0.2, -0.15) is 0 Å². The summed E-state index contributed by atoms with van der Waals surface area (Å²) in [5.41, 5.74) is 4.44. The van der Waals surface area contributed by atoms with Crippen LogP contribution in [0.5, 0.6) is 11.5 Å². The summed E-state index contributed by atoms with van der Waals surface area (Å²) in [7, 11) is 0. The summed E-state index contributed by atoms with van der Waals surface area (Å²) < 4.78 is 22.9. The first-order valence-corrected chi connectivity index (χ1v) is 27.1. The lowest BCUT2D eigenvalue weighted by Gasteiger charge is -2.07. The standard InChI is InChI=1S/C61H86N2O6/c1-3-5-7-9-11-13-15-17-19-21-23-26-46-66-58-42-38-56(39-43-58)62-50-52-30-34-54(35-31-52)60(64)68-48-28-25-29-49-69-61(65)55-36-32-53(33-37-55)51-63-57-40-44-59(45-41-57)67-47-27-24-22-20-18-16-14-12-10-8-6-4-2/h30-45,50-51H,3-29,46-49H2,1-2H3/b62-50+,63-51+. The number of unbranched alkanes of at least 4 members (excludes halogenated alkanes) is 24. The number of aliphatic imine (C=N–C) groups is 2. The van der Waals surface area contributed by atoms with Crippen LogP contribution in [-0.2, 0) is 9.47 Å². The topological polar surface area (TPSA) is 95.8 Å². The Morgan fingerprint density at radius 2 is 0.623 bits per heavy atom. The Labute approximate surface area is 417 Å². The van der Waals surface area contributed by atoms with Gasteiger partial charge in [0, 0.05) is 12.4 Å². The molecular formula is C61H86N2O6. The number of carbonyl (C=O) groups excluding carboxylic acids is 2. The summed E-state index contributed by atoms with van der Waals surface area (Å²) in [6, 6.07) is 30.1. The second-order valence-corrected chi connectivity index (χ2v) is 18.6. The summed E-state index contributed by atoms with van der Waals surface area (Å²) in [5.74, 6) is 1.01. The summed E-state index contributed by atoms with van der Waals surface area (Å²) >= 11 is 0. The van der Waals surface area contributed by atoms with Gasteiger partial charge in [0.05, 0.1) is 48.9 Å². The molecule has 4 aromatic rings. The van der Waals surface area contributed by atoms with Crippen molar-refractivity contribution in [2.24, 2.45) is 9.98 Å². The number of ether oxygens (including phenoxy) is 4. The molecule has 8 nitrogen and oxygen atoms in total. The fourth-order valence-corrected chi connectivity index (χ4v) is 8.11. The highest BCUT2D eigenvalue weighted by molar-refractivity contribution is 5.92. The van der Waals surface area contributed by atoms with Gasteiger partial charge in [-0.25, -0.2) is 9.59 Å². The highest BCUT2D eigenvalue weighted by atomic mass is 16.5. The predicted octanol–water partition coefficient (Wildman–Crippen LogP) is 17.5. The van der Waals surface area contributed by atoms with Gasteiger partial charge in [-0.15, -0.1) is 0 Å². The minimum atomic E-state index is -0.361. The number of hydrogen-bond donors (Lipinski definition) is 0. The molecule has 0 unspecified atom stereocenters. The van der Waals surface area contributed by atoms with Crippen LogP contribution in [0.3, 0.4) is 0 Å². The molecule has 8 heteroatoms. The maximum Gasteiger partial charge on any atom is 0.338 e. The molecule has 4 aromatic carbocycles. The summed E-state index contributed by atoms with van der Waals surface area (Å²) in [6.07, 6.45) is 37.7. The summed E-state index contributed by atoms with van der Waals surface area (Å²) in [4.78, 5) is 34.4. The first kappa shape index (κ1) is 56.3. The van der Waals surface area contributed by atoms with Gasteiger partial charge in [-0.05, 0) is 116 Å². The Bertz CT molecular complexity index is 1810. The molecule has 0 aromatic heterocycles.